The van der Waals surface area contributed by atoms with Crippen LogP contribution in [-0.2, 0) is 16.2 Å². The van der Waals surface area contributed by atoms with Gasteiger partial charge < -0.3 is 19.7 Å². The minimum atomic E-state index is -1.19. The van der Waals surface area contributed by atoms with Crippen molar-refractivity contribution in [3.8, 4) is 0 Å². The molecule has 0 amide bonds. The molecule has 3 aromatic rings. The van der Waals surface area contributed by atoms with Crippen molar-refractivity contribution in [1.29, 1.82) is 0 Å². The summed E-state index contributed by atoms with van der Waals surface area (Å²) in [5.74, 6) is 0.669. The molecule has 3 rings (SSSR count). The van der Waals surface area contributed by atoms with E-state index in [4.69, 9.17) is 14.5 Å². The third-order valence-corrected chi connectivity index (χ3v) is 9.39. The van der Waals surface area contributed by atoms with Crippen molar-refractivity contribution < 1.29 is 9.47 Å². The molecule has 9 heteroatoms. The molecule has 0 saturated heterocycles. The van der Waals surface area contributed by atoms with Crippen LogP contribution in [0.2, 0.25) is 51.4 Å². The van der Waals surface area contributed by atoms with Gasteiger partial charge in [-0.3, -0.25) is 9.36 Å². The minimum absolute atomic E-state index is 0.0680. The van der Waals surface area contributed by atoms with Crippen molar-refractivity contribution in [1.82, 2.24) is 9.55 Å². The van der Waals surface area contributed by atoms with Crippen LogP contribution in [0, 0.1) is 0 Å². The lowest BCUT2D eigenvalue weighted by Crippen LogP contribution is -2.25. The average molecular weight is 515 g/mol. The van der Waals surface area contributed by atoms with Crippen LogP contribution < -0.4 is 15.8 Å². The number of hydrogen-bond acceptors (Lipinski definition) is 6. The van der Waals surface area contributed by atoms with Crippen molar-refractivity contribution in [2.24, 2.45) is 0 Å². The second-order valence-electron chi connectivity index (χ2n) is 11.8. The van der Waals surface area contributed by atoms with E-state index in [9.17, 15) is 4.79 Å². The van der Waals surface area contributed by atoms with E-state index in [1.807, 2.05) is 43.3 Å². The van der Waals surface area contributed by atoms with Gasteiger partial charge in [0.1, 0.15) is 19.3 Å². The first kappa shape index (κ1) is 27.4. The average Bonchev–Trinajstić information content (AvgIpc) is 2.75. The maximum atomic E-state index is 13.6. The van der Waals surface area contributed by atoms with Crippen LogP contribution in [0.25, 0.3) is 21.7 Å². The SMILES string of the molecule is CN(C)c1ccc2nc(NCOCC[Si](C)(C)C)c3ccn(COCC[Si](C)(C)C)c(=O)c3c2c1. The van der Waals surface area contributed by atoms with E-state index in [0.717, 1.165) is 40.7 Å². The minimum Gasteiger partial charge on any atom is -0.378 e. The molecule has 0 spiro atoms. The van der Waals surface area contributed by atoms with Gasteiger partial charge in [0.2, 0.25) is 0 Å². The molecule has 0 aliphatic heterocycles. The molecule has 0 bridgehead atoms. The number of benzene rings is 1. The van der Waals surface area contributed by atoms with E-state index < -0.39 is 16.1 Å². The number of hydrogen-bond donors (Lipinski definition) is 1. The molecule has 0 aliphatic carbocycles. The number of fused-ring (bicyclic) bond motifs is 3. The standard InChI is InChI=1S/C26H42N4O3Si2/c1-29(2)20-9-10-23-22(17-20)24-21(25(28-23)27-18-32-13-15-34(3,4)5)11-12-30(26(24)31)19-33-14-16-35(6,7)8/h9-12,17H,13-16,18-19H2,1-8H3,(H,27,28). The van der Waals surface area contributed by atoms with Gasteiger partial charge in [0.25, 0.3) is 5.56 Å². The van der Waals surface area contributed by atoms with Crippen LogP contribution in [0.5, 0.6) is 0 Å². The third-order valence-electron chi connectivity index (χ3n) is 5.98. The Labute approximate surface area is 211 Å². The molecular formula is C26H42N4O3Si2. The Bertz CT molecular complexity index is 1210. The zero-order valence-electron chi connectivity index (χ0n) is 22.7. The van der Waals surface area contributed by atoms with E-state index in [-0.39, 0.29) is 12.3 Å². The van der Waals surface area contributed by atoms with Crippen LogP contribution in [0.15, 0.2) is 35.3 Å². The zero-order valence-corrected chi connectivity index (χ0v) is 24.7. The molecule has 1 aromatic carbocycles. The van der Waals surface area contributed by atoms with E-state index in [1.54, 1.807) is 10.8 Å². The van der Waals surface area contributed by atoms with E-state index in [2.05, 4.69) is 44.6 Å². The number of nitrogens with one attached hydrogen (secondary N) is 1. The molecule has 0 fully saturated rings. The Morgan fingerprint density at radius 1 is 0.943 bits per heavy atom. The number of anilines is 2. The Kier molecular flexibility index (Phi) is 8.79. The predicted molar refractivity (Wildman–Crippen MR) is 155 cm³/mol. The van der Waals surface area contributed by atoms with Gasteiger partial charge in [-0.2, -0.15) is 0 Å². The maximum Gasteiger partial charge on any atom is 0.261 e. The molecule has 0 aliphatic rings. The Morgan fingerprint density at radius 2 is 1.60 bits per heavy atom. The van der Waals surface area contributed by atoms with Gasteiger partial charge in [-0.15, -0.1) is 0 Å². The number of rotatable bonds is 12. The number of nitrogens with zero attached hydrogens (tertiary/aromatic N) is 3. The maximum absolute atomic E-state index is 13.6. The lowest BCUT2D eigenvalue weighted by Gasteiger charge is -2.18. The molecule has 2 aromatic heterocycles. The number of aromatic nitrogens is 2. The Morgan fingerprint density at radius 3 is 2.23 bits per heavy atom. The molecule has 2 heterocycles. The number of pyridine rings is 2. The van der Waals surface area contributed by atoms with Crippen molar-refractivity contribution in [2.75, 3.05) is 44.3 Å². The van der Waals surface area contributed by atoms with Crippen LogP contribution in [0.4, 0.5) is 11.5 Å². The second kappa shape index (κ2) is 11.2. The third kappa shape index (κ3) is 7.64. The predicted octanol–water partition coefficient (Wildman–Crippen LogP) is 5.65. The zero-order chi connectivity index (χ0) is 25.8. The molecule has 1 N–H and O–H groups in total. The smallest absolute Gasteiger partial charge is 0.261 e. The summed E-state index contributed by atoms with van der Waals surface area (Å²) < 4.78 is 13.4. The lowest BCUT2D eigenvalue weighted by molar-refractivity contribution is 0.0851. The molecule has 0 unspecified atom stereocenters. The summed E-state index contributed by atoms with van der Waals surface area (Å²) in [7, 11) is 1.66. The van der Waals surface area contributed by atoms with Gasteiger partial charge in [-0.1, -0.05) is 39.3 Å². The summed E-state index contributed by atoms with van der Waals surface area (Å²) >= 11 is 0. The van der Waals surface area contributed by atoms with Crippen LogP contribution in [-0.4, -0.2) is 59.7 Å². The molecule has 192 valence electrons. The van der Waals surface area contributed by atoms with Crippen molar-refractivity contribution in [3.05, 3.63) is 40.8 Å². The molecule has 35 heavy (non-hydrogen) atoms. The first-order valence-corrected chi connectivity index (χ1v) is 19.8. The summed E-state index contributed by atoms with van der Waals surface area (Å²) in [5, 5.41) is 5.61. The summed E-state index contributed by atoms with van der Waals surface area (Å²) in [6.45, 7) is 16.0. The van der Waals surface area contributed by atoms with Gasteiger partial charge >= 0.3 is 0 Å². The highest BCUT2D eigenvalue weighted by Gasteiger charge is 2.16. The largest absolute Gasteiger partial charge is 0.378 e. The second-order valence-corrected chi connectivity index (χ2v) is 23.1. The molecular weight excluding hydrogens is 472 g/mol. The normalized spacial score (nSPS) is 12.5. The monoisotopic (exact) mass is 514 g/mol. The highest BCUT2D eigenvalue weighted by atomic mass is 28.3. The first-order valence-electron chi connectivity index (χ1n) is 12.4. The molecule has 0 radical (unpaired) electrons. The van der Waals surface area contributed by atoms with Crippen LogP contribution >= 0.6 is 0 Å². The molecule has 7 nitrogen and oxygen atoms in total. The van der Waals surface area contributed by atoms with E-state index in [1.165, 1.54) is 0 Å². The quantitative estimate of drug-likeness (QED) is 0.146. The fourth-order valence-corrected chi connectivity index (χ4v) is 5.17. The Hall–Kier alpha value is -2.21. The van der Waals surface area contributed by atoms with Gasteiger partial charge in [0.05, 0.1) is 10.9 Å². The van der Waals surface area contributed by atoms with Crippen molar-refractivity contribution in [2.45, 2.75) is 58.1 Å². The van der Waals surface area contributed by atoms with Crippen molar-refractivity contribution >= 4 is 49.3 Å². The van der Waals surface area contributed by atoms with Crippen molar-refractivity contribution in [3.63, 3.8) is 0 Å². The lowest BCUT2D eigenvalue weighted by atomic mass is 10.1. The van der Waals surface area contributed by atoms with E-state index in [0.29, 0.717) is 24.5 Å². The van der Waals surface area contributed by atoms with Crippen LogP contribution in [0.3, 0.4) is 0 Å². The number of ether oxygens (including phenoxy) is 2. The summed E-state index contributed by atoms with van der Waals surface area (Å²) in [4.78, 5) is 20.5. The topological polar surface area (TPSA) is 68.6 Å². The Balaban J connectivity index is 1.95. The van der Waals surface area contributed by atoms with Gasteiger partial charge in [0.15, 0.2) is 0 Å². The highest BCUT2D eigenvalue weighted by molar-refractivity contribution is 6.76. The van der Waals surface area contributed by atoms with Gasteiger partial charge in [0, 0.05) is 66.1 Å². The summed E-state index contributed by atoms with van der Waals surface area (Å²) in [6, 6.07) is 10.2. The molecule has 0 saturated carbocycles. The fourth-order valence-electron chi connectivity index (χ4n) is 3.66. The summed E-state index contributed by atoms with van der Waals surface area (Å²) in [6.07, 6.45) is 1.81. The first-order chi connectivity index (χ1) is 16.4. The highest BCUT2D eigenvalue weighted by Crippen LogP contribution is 2.29. The van der Waals surface area contributed by atoms with Gasteiger partial charge in [-0.05, 0) is 36.4 Å². The fraction of sp³-hybridized carbons (Fsp3) is 0.538. The van der Waals surface area contributed by atoms with Gasteiger partial charge in [-0.25, -0.2) is 4.98 Å². The van der Waals surface area contributed by atoms with E-state index >= 15 is 0 Å². The van der Waals surface area contributed by atoms with Crippen LogP contribution in [0.1, 0.15) is 0 Å². The summed E-state index contributed by atoms with van der Waals surface area (Å²) in [5.41, 5.74) is 1.74. The molecule has 0 atom stereocenters.